The summed E-state index contributed by atoms with van der Waals surface area (Å²) in [5.41, 5.74) is 3.24. The highest BCUT2D eigenvalue weighted by molar-refractivity contribution is 6.07. The lowest BCUT2D eigenvalue weighted by Crippen LogP contribution is -2.60. The van der Waals surface area contributed by atoms with Crippen molar-refractivity contribution in [2.24, 2.45) is 17.3 Å². The maximum atomic E-state index is 13.8. The first-order valence-corrected chi connectivity index (χ1v) is 12.7. The Morgan fingerprint density at radius 3 is 2.30 bits per heavy atom. The van der Waals surface area contributed by atoms with Crippen LogP contribution in [0.1, 0.15) is 80.9 Å². The van der Waals surface area contributed by atoms with Gasteiger partial charge in [-0.1, -0.05) is 18.2 Å². The van der Waals surface area contributed by atoms with Gasteiger partial charge in [-0.15, -0.1) is 0 Å². The van der Waals surface area contributed by atoms with Crippen LogP contribution in [-0.4, -0.2) is 29.4 Å². The van der Waals surface area contributed by atoms with Gasteiger partial charge in [0.2, 0.25) is 5.91 Å². The van der Waals surface area contributed by atoms with E-state index in [-0.39, 0.29) is 28.7 Å². The van der Waals surface area contributed by atoms with Crippen molar-refractivity contribution in [3.63, 3.8) is 0 Å². The van der Waals surface area contributed by atoms with Gasteiger partial charge in [0, 0.05) is 6.04 Å². The molecule has 1 saturated heterocycles. The average Bonchev–Trinajstić information content (AvgIpc) is 3.03. The summed E-state index contributed by atoms with van der Waals surface area (Å²) in [6, 6.07) is 6.65. The monoisotopic (exact) mass is 449 g/mol. The third-order valence-electron chi connectivity index (χ3n) is 9.85. The first-order chi connectivity index (χ1) is 15.7. The number of carbonyl (C=O) groups excluding carboxylic acids is 3. The zero-order valence-electron chi connectivity index (χ0n) is 19.8. The molecule has 1 heterocycles. The molecule has 3 N–H and O–H groups in total. The topological polar surface area (TPSA) is 87.3 Å². The summed E-state index contributed by atoms with van der Waals surface area (Å²) < 4.78 is 0. The minimum Gasteiger partial charge on any atom is -0.353 e. The van der Waals surface area contributed by atoms with Crippen LogP contribution in [0.4, 0.5) is 4.79 Å². The van der Waals surface area contributed by atoms with E-state index in [2.05, 4.69) is 48.0 Å². The summed E-state index contributed by atoms with van der Waals surface area (Å²) in [5, 5.41) is 8.61. The molecular weight excluding hydrogens is 414 g/mol. The minimum absolute atomic E-state index is 0.0824. The second-order valence-electron chi connectivity index (χ2n) is 12.1. The van der Waals surface area contributed by atoms with Crippen molar-refractivity contribution in [2.75, 3.05) is 0 Å². The van der Waals surface area contributed by atoms with Crippen LogP contribution in [0, 0.1) is 31.1 Å². The van der Waals surface area contributed by atoms with E-state index in [0.29, 0.717) is 24.7 Å². The normalized spacial score (nSPS) is 41.2. The van der Waals surface area contributed by atoms with Gasteiger partial charge in [0.25, 0.3) is 5.91 Å². The molecule has 2 atom stereocenters. The fourth-order valence-corrected chi connectivity index (χ4v) is 8.41. The van der Waals surface area contributed by atoms with Crippen molar-refractivity contribution in [1.82, 2.24) is 16.0 Å². The number of aryl methyl sites for hydroxylation is 2. The predicted molar refractivity (Wildman–Crippen MR) is 125 cm³/mol. The Kier molecular flexibility index (Phi) is 4.54. The minimum atomic E-state index is -0.771. The van der Waals surface area contributed by atoms with Crippen molar-refractivity contribution in [1.29, 1.82) is 0 Å². The summed E-state index contributed by atoms with van der Waals surface area (Å²) in [4.78, 5) is 37.7. The van der Waals surface area contributed by atoms with Crippen LogP contribution in [0.5, 0.6) is 0 Å². The van der Waals surface area contributed by atoms with Crippen LogP contribution < -0.4 is 16.0 Å². The number of nitrogens with one attached hydrogen (secondary N) is 3. The van der Waals surface area contributed by atoms with Crippen molar-refractivity contribution in [3.05, 3.63) is 34.9 Å². The van der Waals surface area contributed by atoms with E-state index >= 15 is 0 Å². The Hall–Kier alpha value is -2.37. The van der Waals surface area contributed by atoms with Gasteiger partial charge < -0.3 is 10.6 Å². The molecule has 7 rings (SSSR count). The van der Waals surface area contributed by atoms with Gasteiger partial charge >= 0.3 is 6.03 Å². The Balaban J connectivity index is 1.20. The van der Waals surface area contributed by atoms with E-state index in [9.17, 15) is 14.4 Å². The lowest BCUT2D eigenvalue weighted by Gasteiger charge is -2.61. The summed E-state index contributed by atoms with van der Waals surface area (Å²) in [6.07, 6.45) is 9.37. The molecule has 6 nitrogen and oxygen atoms in total. The van der Waals surface area contributed by atoms with E-state index in [4.69, 9.17) is 0 Å². The predicted octanol–water partition coefficient (Wildman–Crippen LogP) is 3.78. The van der Waals surface area contributed by atoms with E-state index in [1.54, 1.807) is 0 Å². The zero-order chi connectivity index (χ0) is 23.0. The molecule has 2 unspecified atom stereocenters. The van der Waals surface area contributed by atoms with E-state index in [1.165, 1.54) is 36.0 Å². The number of rotatable bonds is 3. The number of urea groups is 1. The SMILES string of the molecule is Cc1ccc(C23CC4CC(CC(C(=O)NC5CCC6(CC5)NC(=O)NC6=O)(C4)C2)C3)cc1C. The fourth-order valence-electron chi connectivity index (χ4n) is 8.41. The van der Waals surface area contributed by atoms with E-state index in [1.807, 2.05) is 0 Å². The van der Waals surface area contributed by atoms with Gasteiger partial charge in [0.1, 0.15) is 5.54 Å². The highest BCUT2D eigenvalue weighted by Gasteiger charge is 2.61. The van der Waals surface area contributed by atoms with Gasteiger partial charge in [0.15, 0.2) is 0 Å². The molecule has 4 amide bonds. The number of hydrogen-bond donors (Lipinski definition) is 3. The van der Waals surface area contributed by atoms with Crippen molar-refractivity contribution in [3.8, 4) is 0 Å². The number of imide groups is 1. The highest BCUT2D eigenvalue weighted by Crippen LogP contribution is 2.66. The number of carbonyl (C=O) groups is 3. The van der Waals surface area contributed by atoms with Crippen LogP contribution in [0.2, 0.25) is 0 Å². The standard InChI is InChI=1S/C27H35N3O3/c1-16-3-4-20(9-17(16)2)25-11-18-10-19(12-25)14-26(13-18,15-25)22(31)28-21-5-7-27(8-6-21)23(32)29-24(33)30-27/h3-4,9,18-19,21H,5-8,10-15H2,1-2H3,(H,28,31)(H2,29,30,32,33). The summed E-state index contributed by atoms with van der Waals surface area (Å²) >= 11 is 0. The smallest absolute Gasteiger partial charge is 0.322 e. The maximum absolute atomic E-state index is 13.8. The van der Waals surface area contributed by atoms with Gasteiger partial charge in [-0.3, -0.25) is 14.9 Å². The van der Waals surface area contributed by atoms with Crippen LogP contribution in [0.25, 0.3) is 0 Å². The molecule has 1 aliphatic heterocycles. The molecule has 1 aromatic carbocycles. The van der Waals surface area contributed by atoms with Gasteiger partial charge in [-0.2, -0.15) is 0 Å². The largest absolute Gasteiger partial charge is 0.353 e. The molecule has 1 spiro atoms. The summed E-state index contributed by atoms with van der Waals surface area (Å²) in [5.74, 6) is 1.32. The molecular formula is C27H35N3O3. The average molecular weight is 450 g/mol. The van der Waals surface area contributed by atoms with Crippen molar-refractivity contribution < 1.29 is 14.4 Å². The van der Waals surface area contributed by atoms with Crippen LogP contribution in [-0.2, 0) is 15.0 Å². The fraction of sp³-hybridized carbons (Fsp3) is 0.667. The molecule has 4 bridgehead atoms. The maximum Gasteiger partial charge on any atom is 0.322 e. The summed E-state index contributed by atoms with van der Waals surface area (Å²) in [6.45, 7) is 4.37. The lowest BCUT2D eigenvalue weighted by molar-refractivity contribution is -0.150. The molecule has 6 heteroatoms. The molecule has 1 aromatic rings. The van der Waals surface area contributed by atoms with Gasteiger partial charge in [0.05, 0.1) is 5.41 Å². The molecule has 176 valence electrons. The quantitative estimate of drug-likeness (QED) is 0.614. The first kappa shape index (κ1) is 21.2. The van der Waals surface area contributed by atoms with Gasteiger partial charge in [-0.05, 0) is 112 Å². The van der Waals surface area contributed by atoms with Crippen LogP contribution >= 0.6 is 0 Å². The summed E-state index contributed by atoms with van der Waals surface area (Å²) in [7, 11) is 0. The Bertz CT molecular complexity index is 1030. The van der Waals surface area contributed by atoms with E-state index in [0.717, 1.165) is 32.1 Å². The molecule has 0 aromatic heterocycles. The Labute approximate surface area is 195 Å². The van der Waals surface area contributed by atoms with Crippen molar-refractivity contribution in [2.45, 2.75) is 95.1 Å². The third kappa shape index (κ3) is 3.23. The molecule has 33 heavy (non-hydrogen) atoms. The van der Waals surface area contributed by atoms with Crippen LogP contribution in [0.3, 0.4) is 0 Å². The Morgan fingerprint density at radius 1 is 1.00 bits per heavy atom. The molecule has 0 radical (unpaired) electrons. The van der Waals surface area contributed by atoms with Crippen LogP contribution in [0.15, 0.2) is 18.2 Å². The first-order valence-electron chi connectivity index (χ1n) is 12.7. The third-order valence-corrected chi connectivity index (χ3v) is 9.85. The highest BCUT2D eigenvalue weighted by atomic mass is 16.2. The second-order valence-corrected chi connectivity index (χ2v) is 12.1. The molecule has 5 aliphatic carbocycles. The number of amides is 4. The lowest BCUT2D eigenvalue weighted by atomic mass is 9.42. The molecule has 5 saturated carbocycles. The van der Waals surface area contributed by atoms with Crippen molar-refractivity contribution >= 4 is 17.8 Å². The zero-order valence-corrected chi connectivity index (χ0v) is 19.8. The second kappa shape index (κ2) is 7.07. The number of benzene rings is 1. The number of hydrogen-bond acceptors (Lipinski definition) is 3. The molecule has 6 aliphatic rings. The Morgan fingerprint density at radius 2 is 1.70 bits per heavy atom. The molecule has 6 fully saturated rings. The van der Waals surface area contributed by atoms with E-state index < -0.39 is 11.6 Å². The van der Waals surface area contributed by atoms with Gasteiger partial charge in [-0.25, -0.2) is 4.79 Å².